The van der Waals surface area contributed by atoms with Crippen LogP contribution < -0.4 is 15.2 Å². The molecule has 3 N–H and O–H groups in total. The van der Waals surface area contributed by atoms with Crippen LogP contribution in [0, 0.1) is 0 Å². The largest absolute Gasteiger partial charge is 0.480 e. The molecule has 1 heterocycles. The van der Waals surface area contributed by atoms with Gasteiger partial charge < -0.3 is 20.3 Å². The maximum absolute atomic E-state index is 11.7. The van der Waals surface area contributed by atoms with Crippen LogP contribution in [0.25, 0.3) is 0 Å². The molecule has 1 aliphatic heterocycles. The second-order valence-electron chi connectivity index (χ2n) is 4.23. The van der Waals surface area contributed by atoms with Crippen LogP contribution in [-0.4, -0.2) is 38.6 Å². The standard InChI is InChI=1S/C11H13NO6S/c1-19(15,16)10-4-9-8(17-5-18-9)3-6(10)2-7(12)11(13)14/h3-4,7H,2,5,12H2,1H3,(H,13,14). The van der Waals surface area contributed by atoms with Gasteiger partial charge in [0.2, 0.25) is 6.79 Å². The van der Waals surface area contributed by atoms with Gasteiger partial charge in [-0.3, -0.25) is 4.79 Å². The number of carboxylic acids is 1. The quantitative estimate of drug-likeness (QED) is 0.785. The van der Waals surface area contributed by atoms with Gasteiger partial charge in [-0.1, -0.05) is 0 Å². The summed E-state index contributed by atoms with van der Waals surface area (Å²) in [6, 6.07) is 1.61. The molecular weight excluding hydrogens is 274 g/mol. The second kappa shape index (κ2) is 4.71. The summed E-state index contributed by atoms with van der Waals surface area (Å²) in [6.45, 7) is 0.00692. The van der Waals surface area contributed by atoms with Gasteiger partial charge in [-0.05, 0) is 18.1 Å². The summed E-state index contributed by atoms with van der Waals surface area (Å²) in [4.78, 5) is 10.8. The Bertz CT molecular complexity index is 624. The van der Waals surface area contributed by atoms with E-state index in [1.54, 1.807) is 0 Å². The topological polar surface area (TPSA) is 116 Å². The second-order valence-corrected chi connectivity index (χ2v) is 6.22. The first-order valence-corrected chi connectivity index (χ1v) is 7.29. The van der Waals surface area contributed by atoms with E-state index in [0.717, 1.165) is 6.26 Å². The third-order valence-electron chi connectivity index (χ3n) is 2.71. The number of benzene rings is 1. The summed E-state index contributed by atoms with van der Waals surface area (Å²) in [5.41, 5.74) is 5.75. The van der Waals surface area contributed by atoms with E-state index in [-0.39, 0.29) is 18.1 Å². The molecule has 0 amide bonds. The number of sulfone groups is 1. The van der Waals surface area contributed by atoms with Crippen molar-refractivity contribution in [2.45, 2.75) is 17.4 Å². The van der Waals surface area contributed by atoms with E-state index < -0.39 is 21.8 Å². The molecule has 0 fully saturated rings. The Balaban J connectivity index is 2.49. The van der Waals surface area contributed by atoms with E-state index in [4.69, 9.17) is 20.3 Å². The zero-order valence-corrected chi connectivity index (χ0v) is 10.9. The minimum Gasteiger partial charge on any atom is -0.480 e. The van der Waals surface area contributed by atoms with Crippen molar-refractivity contribution in [2.24, 2.45) is 5.73 Å². The minimum atomic E-state index is -3.51. The lowest BCUT2D eigenvalue weighted by atomic mass is 10.1. The highest BCUT2D eigenvalue weighted by molar-refractivity contribution is 7.90. The predicted octanol–water partition coefficient (Wildman–Crippen LogP) is -0.227. The van der Waals surface area contributed by atoms with Crippen molar-refractivity contribution < 1.29 is 27.8 Å². The van der Waals surface area contributed by atoms with Crippen molar-refractivity contribution in [3.8, 4) is 11.5 Å². The Kier molecular flexibility index (Phi) is 3.38. The van der Waals surface area contributed by atoms with Crippen molar-refractivity contribution in [2.75, 3.05) is 13.0 Å². The van der Waals surface area contributed by atoms with Gasteiger partial charge in [-0.2, -0.15) is 0 Å². The summed E-state index contributed by atoms with van der Waals surface area (Å²) < 4.78 is 33.7. The number of carboxylic acid groups (broad SMARTS) is 1. The SMILES string of the molecule is CS(=O)(=O)c1cc2c(cc1CC(N)C(=O)O)OCO2. The maximum Gasteiger partial charge on any atom is 0.320 e. The smallest absolute Gasteiger partial charge is 0.320 e. The summed E-state index contributed by atoms with van der Waals surface area (Å²) in [6.07, 6.45) is 0.939. The fourth-order valence-corrected chi connectivity index (χ4v) is 2.73. The molecule has 0 saturated carbocycles. The highest BCUT2D eigenvalue weighted by atomic mass is 32.2. The van der Waals surface area contributed by atoms with Crippen LogP contribution in [0.5, 0.6) is 11.5 Å². The minimum absolute atomic E-state index is 0.00692. The van der Waals surface area contributed by atoms with Crippen LogP contribution in [-0.2, 0) is 21.1 Å². The molecule has 104 valence electrons. The first-order valence-electron chi connectivity index (χ1n) is 5.40. The van der Waals surface area contributed by atoms with E-state index in [0.29, 0.717) is 17.1 Å². The van der Waals surface area contributed by atoms with E-state index in [2.05, 4.69) is 0 Å². The molecule has 1 aromatic carbocycles. The Morgan fingerprint density at radius 2 is 2.00 bits per heavy atom. The molecule has 0 spiro atoms. The summed E-state index contributed by atoms with van der Waals surface area (Å²) >= 11 is 0. The average molecular weight is 287 g/mol. The van der Waals surface area contributed by atoms with Crippen LogP contribution in [0.15, 0.2) is 17.0 Å². The third kappa shape index (κ3) is 2.79. The van der Waals surface area contributed by atoms with Gasteiger partial charge >= 0.3 is 5.97 Å². The zero-order valence-electron chi connectivity index (χ0n) is 10.1. The van der Waals surface area contributed by atoms with Gasteiger partial charge in [0.05, 0.1) is 4.90 Å². The molecule has 8 heteroatoms. The Hall–Kier alpha value is -1.80. The van der Waals surface area contributed by atoms with Crippen LogP contribution in [0.2, 0.25) is 0 Å². The van der Waals surface area contributed by atoms with E-state index in [1.807, 2.05) is 0 Å². The van der Waals surface area contributed by atoms with Crippen molar-refractivity contribution in [1.82, 2.24) is 0 Å². The van der Waals surface area contributed by atoms with Gasteiger partial charge in [0.25, 0.3) is 0 Å². The van der Waals surface area contributed by atoms with Gasteiger partial charge in [-0.15, -0.1) is 0 Å². The molecule has 2 rings (SSSR count). The fraction of sp³-hybridized carbons (Fsp3) is 0.364. The van der Waals surface area contributed by atoms with E-state index in [9.17, 15) is 13.2 Å². The number of hydrogen-bond acceptors (Lipinski definition) is 6. The molecule has 0 radical (unpaired) electrons. The van der Waals surface area contributed by atoms with Crippen molar-refractivity contribution in [3.63, 3.8) is 0 Å². The lowest BCUT2D eigenvalue weighted by Crippen LogP contribution is -2.32. The molecular formula is C11H13NO6S. The monoisotopic (exact) mass is 287 g/mol. The third-order valence-corrected chi connectivity index (χ3v) is 3.89. The molecule has 0 saturated heterocycles. The van der Waals surface area contributed by atoms with Gasteiger partial charge in [0, 0.05) is 12.3 Å². The number of nitrogens with two attached hydrogens (primary N) is 1. The Labute approximate surface area is 109 Å². The Morgan fingerprint density at radius 3 is 2.53 bits per heavy atom. The number of carbonyl (C=O) groups is 1. The summed E-state index contributed by atoms with van der Waals surface area (Å²) in [5.74, 6) is -0.481. The molecule has 1 unspecified atom stereocenters. The van der Waals surface area contributed by atoms with Gasteiger partial charge in [0.15, 0.2) is 21.3 Å². The highest BCUT2D eigenvalue weighted by Crippen LogP contribution is 2.36. The molecule has 0 bridgehead atoms. The summed E-state index contributed by atoms with van der Waals surface area (Å²) in [7, 11) is -3.51. The lowest BCUT2D eigenvalue weighted by Gasteiger charge is -2.12. The van der Waals surface area contributed by atoms with Gasteiger partial charge in [0.1, 0.15) is 6.04 Å². The van der Waals surface area contributed by atoms with E-state index in [1.165, 1.54) is 12.1 Å². The van der Waals surface area contributed by atoms with Crippen LogP contribution >= 0.6 is 0 Å². The fourth-order valence-electron chi connectivity index (χ4n) is 1.79. The van der Waals surface area contributed by atoms with Crippen molar-refractivity contribution in [3.05, 3.63) is 17.7 Å². The highest BCUT2D eigenvalue weighted by Gasteiger charge is 2.24. The molecule has 19 heavy (non-hydrogen) atoms. The molecule has 1 aromatic rings. The average Bonchev–Trinajstić information content (AvgIpc) is 2.73. The maximum atomic E-state index is 11.7. The summed E-state index contributed by atoms with van der Waals surface area (Å²) in [5, 5.41) is 8.80. The molecule has 0 aromatic heterocycles. The lowest BCUT2D eigenvalue weighted by molar-refractivity contribution is -0.138. The molecule has 1 atom stereocenters. The Morgan fingerprint density at radius 1 is 1.42 bits per heavy atom. The first-order chi connectivity index (χ1) is 8.79. The van der Waals surface area contributed by atoms with Gasteiger partial charge in [-0.25, -0.2) is 8.42 Å². The van der Waals surface area contributed by atoms with E-state index >= 15 is 0 Å². The molecule has 7 nitrogen and oxygen atoms in total. The first kappa shape index (κ1) is 13.6. The van der Waals surface area contributed by atoms with Crippen LogP contribution in [0.1, 0.15) is 5.56 Å². The number of ether oxygens (including phenoxy) is 2. The number of fused-ring (bicyclic) bond motifs is 1. The number of aliphatic carboxylic acids is 1. The van der Waals surface area contributed by atoms with Crippen LogP contribution in [0.3, 0.4) is 0 Å². The van der Waals surface area contributed by atoms with Crippen molar-refractivity contribution >= 4 is 15.8 Å². The normalized spacial score (nSPS) is 15.3. The predicted molar refractivity (Wildman–Crippen MR) is 65.0 cm³/mol. The zero-order chi connectivity index (χ0) is 14.2. The van der Waals surface area contributed by atoms with Crippen LogP contribution in [0.4, 0.5) is 0 Å². The number of rotatable bonds is 4. The number of hydrogen-bond donors (Lipinski definition) is 2. The molecule has 0 aliphatic carbocycles. The van der Waals surface area contributed by atoms with Crippen molar-refractivity contribution in [1.29, 1.82) is 0 Å². The molecule has 1 aliphatic rings.